The highest BCUT2D eigenvalue weighted by molar-refractivity contribution is 5.94. The SMILES string of the molecule is CC(NC(=O)c1ccc(N2CCC(NCc3cn4ccccc4n3)CC2)cc1)c1ccccc1. The van der Waals surface area contributed by atoms with E-state index in [1.54, 1.807) is 0 Å². The largest absolute Gasteiger partial charge is 0.371 e. The van der Waals surface area contributed by atoms with Crippen molar-refractivity contribution >= 4 is 17.2 Å². The van der Waals surface area contributed by atoms with Gasteiger partial charge in [0.2, 0.25) is 0 Å². The van der Waals surface area contributed by atoms with Gasteiger partial charge in [0, 0.05) is 49.3 Å². The van der Waals surface area contributed by atoms with Crippen molar-refractivity contribution in [3.05, 3.63) is 102 Å². The standard InChI is InChI=1S/C28H31N5O/c1-21(22-7-3-2-4-8-22)30-28(34)23-10-12-26(13-11-23)32-17-14-24(15-18-32)29-19-25-20-33-16-6-5-9-27(33)31-25/h2-13,16,20-21,24,29H,14-15,17-19H2,1H3,(H,30,34). The molecule has 1 unspecified atom stereocenters. The molecule has 1 atom stereocenters. The maximum atomic E-state index is 12.7. The molecule has 0 bridgehead atoms. The zero-order valence-electron chi connectivity index (χ0n) is 19.5. The van der Waals surface area contributed by atoms with Gasteiger partial charge in [-0.2, -0.15) is 0 Å². The minimum Gasteiger partial charge on any atom is -0.371 e. The van der Waals surface area contributed by atoms with E-state index in [1.165, 1.54) is 5.69 Å². The first-order valence-electron chi connectivity index (χ1n) is 12.0. The van der Waals surface area contributed by atoms with Crippen molar-refractivity contribution in [2.45, 2.75) is 38.4 Å². The summed E-state index contributed by atoms with van der Waals surface area (Å²) in [5.74, 6) is -0.0437. The van der Waals surface area contributed by atoms with Crippen molar-refractivity contribution in [3.8, 4) is 0 Å². The lowest BCUT2D eigenvalue weighted by atomic mass is 10.0. The van der Waals surface area contributed by atoms with Crippen molar-refractivity contribution in [2.24, 2.45) is 0 Å². The number of nitrogens with one attached hydrogen (secondary N) is 2. The molecular weight excluding hydrogens is 422 g/mol. The van der Waals surface area contributed by atoms with Crippen molar-refractivity contribution in [1.29, 1.82) is 0 Å². The van der Waals surface area contributed by atoms with E-state index >= 15 is 0 Å². The van der Waals surface area contributed by atoms with Crippen LogP contribution in [0.25, 0.3) is 5.65 Å². The number of anilines is 1. The zero-order chi connectivity index (χ0) is 23.3. The Hall–Kier alpha value is -3.64. The minimum atomic E-state index is -0.0437. The Morgan fingerprint density at radius 2 is 1.74 bits per heavy atom. The van der Waals surface area contributed by atoms with Crippen LogP contribution in [0.2, 0.25) is 0 Å². The first kappa shape index (κ1) is 22.2. The molecule has 0 spiro atoms. The first-order chi connectivity index (χ1) is 16.7. The fourth-order valence-electron chi connectivity index (χ4n) is 4.59. The number of benzene rings is 2. The number of hydrogen-bond donors (Lipinski definition) is 2. The molecular formula is C28H31N5O. The van der Waals surface area contributed by atoms with E-state index in [9.17, 15) is 4.79 Å². The molecule has 0 radical (unpaired) electrons. The molecule has 1 aliphatic heterocycles. The second-order valence-electron chi connectivity index (χ2n) is 8.99. The van der Waals surface area contributed by atoms with Crippen LogP contribution in [0, 0.1) is 0 Å². The second kappa shape index (κ2) is 10.1. The molecule has 4 aromatic rings. The van der Waals surface area contributed by atoms with E-state index in [0.717, 1.165) is 49.4 Å². The van der Waals surface area contributed by atoms with E-state index in [1.807, 2.05) is 73.8 Å². The second-order valence-corrected chi connectivity index (χ2v) is 8.99. The Kier molecular flexibility index (Phi) is 6.58. The van der Waals surface area contributed by atoms with Gasteiger partial charge in [-0.15, -0.1) is 0 Å². The van der Waals surface area contributed by atoms with Gasteiger partial charge in [-0.1, -0.05) is 36.4 Å². The molecule has 3 heterocycles. The predicted octanol–water partition coefficient (Wildman–Crippen LogP) is 4.58. The number of nitrogens with zero attached hydrogens (tertiary/aromatic N) is 3. The van der Waals surface area contributed by atoms with Crippen LogP contribution >= 0.6 is 0 Å². The third-order valence-electron chi connectivity index (χ3n) is 6.62. The molecule has 1 saturated heterocycles. The molecule has 1 fully saturated rings. The number of rotatable bonds is 7. The summed E-state index contributed by atoms with van der Waals surface area (Å²) in [6.45, 7) is 4.80. The summed E-state index contributed by atoms with van der Waals surface area (Å²) in [5.41, 5.74) is 5.02. The lowest BCUT2D eigenvalue weighted by molar-refractivity contribution is 0.0940. The Balaban J connectivity index is 1.10. The van der Waals surface area contributed by atoms with Gasteiger partial charge in [0.1, 0.15) is 5.65 Å². The topological polar surface area (TPSA) is 61.7 Å². The van der Waals surface area contributed by atoms with Crippen LogP contribution in [0.15, 0.2) is 85.2 Å². The molecule has 6 nitrogen and oxygen atoms in total. The fourth-order valence-corrected chi connectivity index (χ4v) is 4.59. The Morgan fingerprint density at radius 1 is 1.00 bits per heavy atom. The quantitative estimate of drug-likeness (QED) is 0.430. The Morgan fingerprint density at radius 3 is 2.47 bits per heavy atom. The summed E-state index contributed by atoms with van der Waals surface area (Å²) in [6, 6.07) is 24.5. The number of aromatic nitrogens is 2. The van der Waals surface area contributed by atoms with Crippen molar-refractivity contribution in [2.75, 3.05) is 18.0 Å². The van der Waals surface area contributed by atoms with Crippen LogP contribution in [0.1, 0.15) is 47.4 Å². The molecule has 1 aliphatic rings. The van der Waals surface area contributed by atoms with Crippen molar-refractivity contribution in [1.82, 2.24) is 20.0 Å². The van der Waals surface area contributed by atoms with E-state index in [4.69, 9.17) is 0 Å². The van der Waals surface area contributed by atoms with E-state index in [-0.39, 0.29) is 11.9 Å². The Bertz CT molecular complexity index is 1190. The molecule has 6 heteroatoms. The van der Waals surface area contributed by atoms with Gasteiger partial charge in [-0.3, -0.25) is 4.79 Å². The van der Waals surface area contributed by atoms with Crippen LogP contribution < -0.4 is 15.5 Å². The van der Waals surface area contributed by atoms with E-state index < -0.39 is 0 Å². The highest BCUT2D eigenvalue weighted by atomic mass is 16.1. The number of carbonyl (C=O) groups excluding carboxylic acids is 1. The number of amides is 1. The molecule has 0 saturated carbocycles. The summed E-state index contributed by atoms with van der Waals surface area (Å²) in [7, 11) is 0. The van der Waals surface area contributed by atoms with Crippen LogP contribution in [0.5, 0.6) is 0 Å². The Labute approximate surface area is 200 Å². The average molecular weight is 454 g/mol. The van der Waals surface area contributed by atoms with Gasteiger partial charge in [0.05, 0.1) is 11.7 Å². The number of imidazole rings is 1. The molecule has 5 rings (SSSR count). The van der Waals surface area contributed by atoms with Crippen LogP contribution in [0.3, 0.4) is 0 Å². The third kappa shape index (κ3) is 5.13. The summed E-state index contributed by atoms with van der Waals surface area (Å²) in [4.78, 5) is 19.7. The van der Waals surface area contributed by atoms with Crippen LogP contribution in [-0.4, -0.2) is 34.4 Å². The number of fused-ring (bicyclic) bond motifs is 1. The molecule has 174 valence electrons. The van der Waals surface area contributed by atoms with Gasteiger partial charge in [0.25, 0.3) is 5.91 Å². The molecule has 1 amide bonds. The highest BCUT2D eigenvalue weighted by Gasteiger charge is 2.20. The highest BCUT2D eigenvalue weighted by Crippen LogP contribution is 2.21. The summed E-state index contributed by atoms with van der Waals surface area (Å²) >= 11 is 0. The van der Waals surface area contributed by atoms with E-state index in [2.05, 4.69) is 43.2 Å². The maximum Gasteiger partial charge on any atom is 0.251 e. The summed E-state index contributed by atoms with van der Waals surface area (Å²) in [6.07, 6.45) is 6.30. The van der Waals surface area contributed by atoms with E-state index in [0.29, 0.717) is 11.6 Å². The summed E-state index contributed by atoms with van der Waals surface area (Å²) in [5, 5.41) is 6.76. The predicted molar refractivity (Wildman–Crippen MR) is 136 cm³/mol. The monoisotopic (exact) mass is 453 g/mol. The molecule has 2 N–H and O–H groups in total. The molecule has 2 aromatic heterocycles. The van der Waals surface area contributed by atoms with Gasteiger partial charge in [0.15, 0.2) is 0 Å². The number of carbonyl (C=O) groups is 1. The van der Waals surface area contributed by atoms with Crippen molar-refractivity contribution in [3.63, 3.8) is 0 Å². The lowest BCUT2D eigenvalue weighted by Crippen LogP contribution is -2.42. The third-order valence-corrected chi connectivity index (χ3v) is 6.62. The maximum absolute atomic E-state index is 12.7. The van der Waals surface area contributed by atoms with Gasteiger partial charge in [-0.25, -0.2) is 4.98 Å². The minimum absolute atomic E-state index is 0.0274. The van der Waals surface area contributed by atoms with Gasteiger partial charge >= 0.3 is 0 Å². The number of pyridine rings is 1. The lowest BCUT2D eigenvalue weighted by Gasteiger charge is -2.34. The number of piperidine rings is 1. The van der Waals surface area contributed by atoms with Gasteiger partial charge < -0.3 is 19.9 Å². The molecule has 34 heavy (non-hydrogen) atoms. The van der Waals surface area contributed by atoms with Gasteiger partial charge in [-0.05, 0) is 61.7 Å². The normalized spacial score (nSPS) is 15.4. The smallest absolute Gasteiger partial charge is 0.251 e. The first-order valence-corrected chi connectivity index (χ1v) is 12.0. The van der Waals surface area contributed by atoms with Crippen LogP contribution in [0.4, 0.5) is 5.69 Å². The zero-order valence-corrected chi connectivity index (χ0v) is 19.5. The number of hydrogen-bond acceptors (Lipinski definition) is 4. The average Bonchev–Trinajstić information content (AvgIpc) is 3.31. The molecule has 2 aromatic carbocycles. The van der Waals surface area contributed by atoms with Crippen LogP contribution in [-0.2, 0) is 6.54 Å². The summed E-state index contributed by atoms with van der Waals surface area (Å²) < 4.78 is 2.06. The fraction of sp³-hybridized carbons (Fsp3) is 0.286. The van der Waals surface area contributed by atoms with Crippen molar-refractivity contribution < 1.29 is 4.79 Å². The molecule has 0 aliphatic carbocycles.